The molecule has 0 radical (unpaired) electrons. The highest BCUT2D eigenvalue weighted by Crippen LogP contribution is 2.25. The number of hydrogen-bond donors (Lipinski definition) is 2. The molecule has 0 aliphatic rings. The molecule has 0 fully saturated rings. The smallest absolute Gasteiger partial charge is 0.226 e. The molecule has 0 saturated heterocycles. The Balaban J connectivity index is 1.83. The van der Waals surface area contributed by atoms with Gasteiger partial charge in [-0.1, -0.05) is 23.5 Å². The molecule has 0 bridgehead atoms. The molecule has 0 aliphatic carbocycles. The van der Waals surface area contributed by atoms with Crippen molar-refractivity contribution in [3.8, 4) is 0 Å². The van der Waals surface area contributed by atoms with Gasteiger partial charge < -0.3 is 10.6 Å². The molecule has 1 aromatic carbocycles. The molecule has 1 aromatic heterocycles. The lowest BCUT2D eigenvalue weighted by Crippen LogP contribution is -2.22. The number of carbonyl (C=O) groups excluding carboxylic acids is 2. The molecule has 19 heavy (non-hydrogen) atoms. The molecule has 0 unspecified atom stereocenters. The lowest BCUT2D eigenvalue weighted by Gasteiger charge is -2.02. The summed E-state index contributed by atoms with van der Waals surface area (Å²) in [6.07, 6.45) is 0.993. The fourth-order valence-corrected chi connectivity index (χ4v) is 2.50. The van der Waals surface area contributed by atoms with E-state index in [1.54, 1.807) is 0 Å². The normalized spacial score (nSPS) is 10.4. The zero-order chi connectivity index (χ0) is 13.7. The van der Waals surface area contributed by atoms with Crippen LogP contribution in [0.15, 0.2) is 24.3 Å². The number of rotatable bonds is 5. The van der Waals surface area contributed by atoms with Gasteiger partial charge in [-0.3, -0.25) is 9.59 Å². The number of fused-ring (bicyclic) bond motifs is 1. The third kappa shape index (κ3) is 4.03. The van der Waals surface area contributed by atoms with Crippen molar-refractivity contribution in [1.82, 2.24) is 10.3 Å². The van der Waals surface area contributed by atoms with Crippen LogP contribution in [-0.4, -0.2) is 23.3 Å². The van der Waals surface area contributed by atoms with E-state index < -0.39 is 0 Å². The molecule has 2 aromatic rings. The van der Waals surface area contributed by atoms with Crippen molar-refractivity contribution in [3.05, 3.63) is 24.3 Å². The van der Waals surface area contributed by atoms with E-state index >= 15 is 0 Å². The average molecular weight is 277 g/mol. The predicted molar refractivity (Wildman–Crippen MR) is 76.2 cm³/mol. The molecule has 6 heteroatoms. The van der Waals surface area contributed by atoms with Crippen LogP contribution in [0.2, 0.25) is 0 Å². The van der Waals surface area contributed by atoms with Gasteiger partial charge in [0.15, 0.2) is 5.13 Å². The highest BCUT2D eigenvalue weighted by molar-refractivity contribution is 7.22. The molecule has 2 amide bonds. The zero-order valence-electron chi connectivity index (χ0n) is 10.6. The maximum Gasteiger partial charge on any atom is 0.226 e. The minimum Gasteiger partial charge on any atom is -0.356 e. The van der Waals surface area contributed by atoms with Crippen molar-refractivity contribution < 1.29 is 9.59 Å². The summed E-state index contributed by atoms with van der Waals surface area (Å²) in [6.45, 7) is 1.98. The lowest BCUT2D eigenvalue weighted by molar-refractivity contribution is -0.119. The number of nitrogens with zero attached hydrogens (tertiary/aromatic N) is 1. The monoisotopic (exact) mass is 277 g/mol. The topological polar surface area (TPSA) is 71.1 Å². The van der Waals surface area contributed by atoms with Gasteiger partial charge >= 0.3 is 0 Å². The van der Waals surface area contributed by atoms with Crippen LogP contribution < -0.4 is 10.6 Å². The van der Waals surface area contributed by atoms with Crippen molar-refractivity contribution in [2.45, 2.75) is 19.8 Å². The van der Waals surface area contributed by atoms with Crippen molar-refractivity contribution in [3.63, 3.8) is 0 Å². The van der Waals surface area contributed by atoms with Crippen LogP contribution in [0, 0.1) is 0 Å². The van der Waals surface area contributed by atoms with Crippen LogP contribution in [0.4, 0.5) is 5.13 Å². The van der Waals surface area contributed by atoms with Crippen molar-refractivity contribution in [2.75, 3.05) is 11.9 Å². The summed E-state index contributed by atoms with van der Waals surface area (Å²) in [6, 6.07) is 7.75. The maximum absolute atomic E-state index is 11.7. The van der Waals surface area contributed by atoms with Crippen molar-refractivity contribution >= 4 is 38.5 Å². The molecule has 2 N–H and O–H groups in total. The number of benzene rings is 1. The van der Waals surface area contributed by atoms with Crippen LogP contribution in [0.5, 0.6) is 0 Å². The van der Waals surface area contributed by atoms with E-state index in [0.29, 0.717) is 24.5 Å². The quantitative estimate of drug-likeness (QED) is 0.823. The standard InChI is InChI=1S/C13H15N3O2S/c1-9(17)14-8-4-7-12(18)16-13-15-10-5-2-3-6-11(10)19-13/h2-3,5-6H,4,7-8H2,1H3,(H,14,17)(H,15,16,18). The van der Waals surface area contributed by atoms with Gasteiger partial charge in [-0.2, -0.15) is 0 Å². The Hall–Kier alpha value is -1.95. The lowest BCUT2D eigenvalue weighted by atomic mass is 10.3. The van der Waals surface area contributed by atoms with Gasteiger partial charge in [0.1, 0.15) is 0 Å². The van der Waals surface area contributed by atoms with Crippen LogP contribution in [0.25, 0.3) is 10.2 Å². The number of hydrogen-bond acceptors (Lipinski definition) is 4. The third-order valence-electron chi connectivity index (χ3n) is 2.49. The average Bonchev–Trinajstić information content (AvgIpc) is 2.76. The van der Waals surface area contributed by atoms with Gasteiger partial charge in [0.05, 0.1) is 10.2 Å². The van der Waals surface area contributed by atoms with Crippen LogP contribution >= 0.6 is 11.3 Å². The number of aromatic nitrogens is 1. The first-order valence-electron chi connectivity index (χ1n) is 6.05. The van der Waals surface area contributed by atoms with Gasteiger partial charge in [0, 0.05) is 19.9 Å². The summed E-state index contributed by atoms with van der Waals surface area (Å²) in [7, 11) is 0. The van der Waals surface area contributed by atoms with E-state index in [-0.39, 0.29) is 11.8 Å². The second-order valence-corrected chi connectivity index (χ2v) is 5.15. The summed E-state index contributed by atoms with van der Waals surface area (Å²) in [4.78, 5) is 26.7. The largest absolute Gasteiger partial charge is 0.356 e. The summed E-state index contributed by atoms with van der Waals surface area (Å²) >= 11 is 1.46. The van der Waals surface area contributed by atoms with Gasteiger partial charge in [0.2, 0.25) is 11.8 Å². The van der Waals surface area contributed by atoms with E-state index in [9.17, 15) is 9.59 Å². The fraction of sp³-hybridized carbons (Fsp3) is 0.308. The molecule has 0 saturated carbocycles. The van der Waals surface area contributed by atoms with E-state index in [1.807, 2.05) is 24.3 Å². The molecule has 0 aliphatic heterocycles. The molecule has 1 heterocycles. The van der Waals surface area contributed by atoms with E-state index in [0.717, 1.165) is 10.2 Å². The van der Waals surface area contributed by atoms with E-state index in [1.165, 1.54) is 18.3 Å². The summed E-state index contributed by atoms with van der Waals surface area (Å²) in [5.41, 5.74) is 0.890. The summed E-state index contributed by atoms with van der Waals surface area (Å²) in [5.74, 6) is -0.156. The Labute approximate surface area is 115 Å². The molecule has 5 nitrogen and oxygen atoms in total. The van der Waals surface area contributed by atoms with Crippen LogP contribution in [0.1, 0.15) is 19.8 Å². The van der Waals surface area contributed by atoms with Gasteiger partial charge in [0.25, 0.3) is 0 Å². The Morgan fingerprint density at radius 1 is 1.32 bits per heavy atom. The Morgan fingerprint density at radius 2 is 2.11 bits per heavy atom. The first-order chi connectivity index (χ1) is 9.15. The SMILES string of the molecule is CC(=O)NCCCC(=O)Nc1nc2ccccc2s1. The highest BCUT2D eigenvalue weighted by atomic mass is 32.1. The van der Waals surface area contributed by atoms with Gasteiger partial charge in [-0.05, 0) is 18.6 Å². The number of anilines is 1. The molecule has 100 valence electrons. The second kappa shape index (κ2) is 6.29. The Morgan fingerprint density at radius 3 is 2.84 bits per heavy atom. The number of thiazole rings is 1. The van der Waals surface area contributed by atoms with Crippen molar-refractivity contribution in [1.29, 1.82) is 0 Å². The number of amides is 2. The van der Waals surface area contributed by atoms with Crippen LogP contribution in [0.3, 0.4) is 0 Å². The number of carbonyl (C=O) groups is 2. The maximum atomic E-state index is 11.7. The van der Waals surface area contributed by atoms with Crippen LogP contribution in [-0.2, 0) is 9.59 Å². The second-order valence-electron chi connectivity index (χ2n) is 4.12. The molecular formula is C13H15N3O2S. The molecule has 0 atom stereocenters. The first kappa shape index (κ1) is 13.5. The van der Waals surface area contributed by atoms with E-state index in [2.05, 4.69) is 15.6 Å². The Bertz CT molecular complexity index is 561. The number of para-hydroxylation sites is 1. The van der Waals surface area contributed by atoms with Gasteiger partial charge in [-0.15, -0.1) is 0 Å². The fourth-order valence-electron chi connectivity index (χ4n) is 1.62. The number of nitrogens with one attached hydrogen (secondary N) is 2. The summed E-state index contributed by atoms with van der Waals surface area (Å²) < 4.78 is 1.05. The summed E-state index contributed by atoms with van der Waals surface area (Å²) in [5, 5.41) is 6.05. The zero-order valence-corrected chi connectivity index (χ0v) is 11.4. The highest BCUT2D eigenvalue weighted by Gasteiger charge is 2.07. The Kier molecular flexibility index (Phi) is 4.46. The minimum absolute atomic E-state index is 0.0772. The van der Waals surface area contributed by atoms with Gasteiger partial charge in [-0.25, -0.2) is 4.98 Å². The molecular weight excluding hydrogens is 262 g/mol. The molecule has 0 spiro atoms. The third-order valence-corrected chi connectivity index (χ3v) is 3.45. The van der Waals surface area contributed by atoms with E-state index in [4.69, 9.17) is 0 Å². The van der Waals surface area contributed by atoms with Crippen molar-refractivity contribution in [2.24, 2.45) is 0 Å². The first-order valence-corrected chi connectivity index (χ1v) is 6.86. The molecule has 2 rings (SSSR count). The predicted octanol–water partition coefficient (Wildman–Crippen LogP) is 2.15. The minimum atomic E-state index is -0.0793.